The Morgan fingerprint density at radius 1 is 1.17 bits per heavy atom. The third-order valence-corrected chi connectivity index (χ3v) is 10.1. The molecule has 0 aromatic heterocycles. The molecule has 0 N–H and O–H groups in total. The van der Waals surface area contributed by atoms with Crippen molar-refractivity contribution in [2.75, 3.05) is 12.8 Å². The molecule has 5 heteroatoms. The van der Waals surface area contributed by atoms with Gasteiger partial charge in [-0.25, -0.2) is 0 Å². The van der Waals surface area contributed by atoms with Gasteiger partial charge in [0.15, 0.2) is 0 Å². The van der Waals surface area contributed by atoms with Gasteiger partial charge in [0.05, 0.1) is 8.80 Å². The first-order chi connectivity index (χ1) is 10.6. The summed E-state index contributed by atoms with van der Waals surface area (Å²) in [5.74, 6) is 0. The fourth-order valence-corrected chi connectivity index (χ4v) is 8.50. The van der Waals surface area contributed by atoms with Crippen molar-refractivity contribution in [3.63, 3.8) is 0 Å². The van der Waals surface area contributed by atoms with E-state index in [0.717, 1.165) is 12.8 Å². The molecule has 0 amide bonds. The molecule has 0 saturated heterocycles. The summed E-state index contributed by atoms with van der Waals surface area (Å²) in [4.78, 5) is 2.71. The lowest BCUT2D eigenvalue weighted by atomic mass is 9.91. The van der Waals surface area contributed by atoms with Crippen LogP contribution in [0.1, 0.15) is 66.7 Å². The summed E-state index contributed by atoms with van der Waals surface area (Å²) in [7, 11) is -2.97. The van der Waals surface area contributed by atoms with Crippen LogP contribution in [0, 0.1) is 0 Å². The third-order valence-electron chi connectivity index (χ3n) is 5.16. The molecular formula is C18H41NO2Si2. The first kappa shape index (κ1) is 21.4. The fourth-order valence-electron chi connectivity index (χ4n) is 3.57. The van der Waals surface area contributed by atoms with E-state index in [4.69, 9.17) is 8.85 Å². The zero-order valence-electron chi connectivity index (χ0n) is 16.9. The van der Waals surface area contributed by atoms with E-state index in [2.05, 4.69) is 59.2 Å². The Labute approximate surface area is 148 Å². The first-order valence-electron chi connectivity index (χ1n) is 9.67. The van der Waals surface area contributed by atoms with E-state index in [1.165, 1.54) is 32.1 Å². The van der Waals surface area contributed by atoms with Gasteiger partial charge < -0.3 is 8.85 Å². The van der Waals surface area contributed by atoms with Crippen molar-refractivity contribution in [2.45, 2.75) is 104 Å². The van der Waals surface area contributed by atoms with Gasteiger partial charge in [-0.1, -0.05) is 32.4 Å². The van der Waals surface area contributed by atoms with Crippen molar-refractivity contribution in [2.24, 2.45) is 0 Å². The van der Waals surface area contributed by atoms with E-state index in [0.29, 0.717) is 11.8 Å². The topological polar surface area (TPSA) is 21.7 Å². The van der Waals surface area contributed by atoms with Gasteiger partial charge in [0.1, 0.15) is 0 Å². The van der Waals surface area contributed by atoms with Crippen molar-refractivity contribution in [3.8, 4) is 0 Å². The van der Waals surface area contributed by atoms with Gasteiger partial charge in [0, 0.05) is 30.1 Å². The maximum atomic E-state index is 6.59. The molecule has 23 heavy (non-hydrogen) atoms. The van der Waals surface area contributed by atoms with Crippen LogP contribution < -0.4 is 0 Å². The van der Waals surface area contributed by atoms with E-state index in [-0.39, 0.29) is 5.54 Å². The van der Waals surface area contributed by atoms with Crippen LogP contribution in [0.5, 0.6) is 0 Å². The zero-order chi connectivity index (χ0) is 17.7. The fraction of sp³-hybridized carbons (Fsp3) is 1.00. The van der Waals surface area contributed by atoms with Crippen molar-refractivity contribution >= 4 is 17.4 Å². The summed E-state index contributed by atoms with van der Waals surface area (Å²) >= 11 is 0. The van der Waals surface area contributed by atoms with E-state index in [9.17, 15) is 0 Å². The number of nitrogens with zero attached hydrogens (tertiary/aromatic N) is 1. The Balaban J connectivity index is 2.90. The second-order valence-corrected chi connectivity index (χ2v) is 15.3. The zero-order valence-corrected chi connectivity index (χ0v) is 19.1. The molecule has 2 atom stereocenters. The number of hydrogen-bond donors (Lipinski definition) is 0. The molecule has 1 aliphatic rings. The Morgan fingerprint density at radius 3 is 2.17 bits per heavy atom. The molecule has 0 radical (unpaired) electrons. The summed E-state index contributed by atoms with van der Waals surface area (Å²) in [5.41, 5.74) is 0.571. The monoisotopic (exact) mass is 359 g/mol. The molecule has 0 heterocycles. The molecule has 0 aromatic rings. The summed E-state index contributed by atoms with van der Waals surface area (Å²) < 4.78 is 12.9. The van der Waals surface area contributed by atoms with Gasteiger partial charge in [-0.2, -0.15) is 0 Å². The largest absolute Gasteiger partial charge is 0.394 e. The van der Waals surface area contributed by atoms with E-state index in [1.807, 2.05) is 0 Å². The molecule has 2 unspecified atom stereocenters. The molecule has 3 nitrogen and oxygen atoms in total. The minimum absolute atomic E-state index is 0.176. The molecule has 0 spiro atoms. The highest BCUT2D eigenvalue weighted by atomic mass is 28.4. The average molecular weight is 360 g/mol. The summed E-state index contributed by atoms with van der Waals surface area (Å²) in [6.45, 7) is 19.2. The average Bonchev–Trinajstić information content (AvgIpc) is 2.44. The molecule has 1 rings (SSSR count). The molecule has 1 saturated carbocycles. The van der Waals surface area contributed by atoms with Crippen molar-refractivity contribution in [3.05, 3.63) is 0 Å². The van der Waals surface area contributed by atoms with Crippen LogP contribution in [0.2, 0.25) is 19.6 Å². The highest BCUT2D eigenvalue weighted by molar-refractivity contribution is 6.68. The van der Waals surface area contributed by atoms with Gasteiger partial charge in [-0.05, 0) is 54.0 Å². The van der Waals surface area contributed by atoms with Crippen LogP contribution in [0.3, 0.4) is 0 Å². The Hall–Kier alpha value is 0.314. The first-order valence-corrected chi connectivity index (χ1v) is 15.2. The normalized spacial score (nSPS) is 21.7. The third kappa shape index (κ3) is 6.98. The van der Waals surface area contributed by atoms with Crippen molar-refractivity contribution in [1.82, 2.24) is 4.90 Å². The maximum Gasteiger partial charge on any atom is 0.349 e. The van der Waals surface area contributed by atoms with E-state index >= 15 is 0 Å². The Morgan fingerprint density at radius 2 is 1.74 bits per heavy atom. The summed E-state index contributed by atoms with van der Waals surface area (Å²) in [6.07, 6.45) is 7.83. The molecule has 0 aliphatic heterocycles. The molecule has 0 aromatic carbocycles. The molecule has 0 bridgehead atoms. The summed E-state index contributed by atoms with van der Waals surface area (Å²) in [6, 6.07) is 0.700. The quantitative estimate of drug-likeness (QED) is 0.596. The van der Waals surface area contributed by atoms with E-state index < -0.39 is 17.4 Å². The molecule has 1 fully saturated rings. The second kappa shape index (κ2) is 9.13. The Bertz CT molecular complexity index is 340. The number of rotatable bonds is 8. The minimum Gasteiger partial charge on any atom is -0.394 e. The molecular weight excluding hydrogens is 318 g/mol. The minimum atomic E-state index is -2.17. The predicted molar refractivity (Wildman–Crippen MR) is 106 cm³/mol. The van der Waals surface area contributed by atoms with Crippen molar-refractivity contribution < 1.29 is 8.85 Å². The molecule has 138 valence electrons. The van der Waals surface area contributed by atoms with E-state index in [1.54, 1.807) is 0 Å². The smallest absolute Gasteiger partial charge is 0.349 e. The highest BCUT2D eigenvalue weighted by Gasteiger charge is 2.41. The van der Waals surface area contributed by atoms with Crippen LogP contribution in [0.4, 0.5) is 0 Å². The predicted octanol–water partition coefficient (Wildman–Crippen LogP) is 4.50. The van der Waals surface area contributed by atoms with Crippen LogP contribution in [0.15, 0.2) is 0 Å². The highest BCUT2D eigenvalue weighted by Crippen LogP contribution is 2.30. The SMILES string of the molecule is CCO[Si](C)(CN(C1CCCCC1)C(C)(C)C)OC(C)[SiH](C)C. The lowest BCUT2D eigenvalue weighted by molar-refractivity contribution is 0.0554. The van der Waals surface area contributed by atoms with Crippen LogP contribution in [0.25, 0.3) is 0 Å². The van der Waals surface area contributed by atoms with Crippen molar-refractivity contribution in [1.29, 1.82) is 0 Å². The van der Waals surface area contributed by atoms with Gasteiger partial charge >= 0.3 is 8.56 Å². The lowest BCUT2D eigenvalue weighted by Crippen LogP contribution is -2.60. The Kier molecular flexibility index (Phi) is 8.48. The maximum absolute atomic E-state index is 6.59. The van der Waals surface area contributed by atoms with Crippen LogP contribution in [-0.4, -0.2) is 52.3 Å². The van der Waals surface area contributed by atoms with Gasteiger partial charge in [0.25, 0.3) is 0 Å². The lowest BCUT2D eigenvalue weighted by Gasteiger charge is -2.47. The summed E-state index contributed by atoms with van der Waals surface area (Å²) in [5, 5.41) is 0. The van der Waals surface area contributed by atoms with Crippen LogP contribution in [-0.2, 0) is 8.85 Å². The van der Waals surface area contributed by atoms with Gasteiger partial charge in [0.2, 0.25) is 0 Å². The number of hydrogen-bond acceptors (Lipinski definition) is 3. The molecule has 1 aliphatic carbocycles. The van der Waals surface area contributed by atoms with Gasteiger partial charge in [-0.15, -0.1) is 0 Å². The van der Waals surface area contributed by atoms with Crippen LogP contribution >= 0.6 is 0 Å². The van der Waals surface area contributed by atoms with Gasteiger partial charge in [-0.3, -0.25) is 4.90 Å². The second-order valence-electron chi connectivity index (χ2n) is 8.72. The standard InChI is InChI=1S/C18H41NO2Si2/c1-9-20-23(8,21-16(2)22(6)7)15-19(18(3,4)5)17-13-11-10-12-14-17/h16-17,22H,9-15H2,1-8H3.